The molecule has 0 aromatic carbocycles. The predicted octanol–water partition coefficient (Wildman–Crippen LogP) is 4.95. The Morgan fingerprint density at radius 2 is 1.50 bits per heavy atom. The van der Waals surface area contributed by atoms with E-state index in [1.807, 2.05) is 40.8 Å². The predicted molar refractivity (Wildman–Crippen MR) is 131 cm³/mol. The minimum absolute atomic E-state index is 0.0590. The minimum atomic E-state index is -2.63. The molecule has 186 valence electrons. The van der Waals surface area contributed by atoms with Gasteiger partial charge in [0.25, 0.3) is 5.60 Å². The van der Waals surface area contributed by atoms with Gasteiger partial charge < -0.3 is 23.9 Å². The molecule has 8 nitrogen and oxygen atoms in total. The van der Waals surface area contributed by atoms with E-state index in [0.717, 1.165) is 25.2 Å². The van der Waals surface area contributed by atoms with Gasteiger partial charge in [-0.15, -0.1) is 0 Å². The van der Waals surface area contributed by atoms with E-state index in [1.165, 1.54) is 7.11 Å². The number of hydrogen-bond donors (Lipinski definition) is 0. The summed E-state index contributed by atoms with van der Waals surface area (Å²) in [5, 5.41) is -0.278. The highest BCUT2D eigenvalue weighted by Crippen LogP contribution is 2.41. The van der Waals surface area contributed by atoms with E-state index >= 15 is 0 Å². The van der Waals surface area contributed by atoms with Crippen molar-refractivity contribution >= 4 is 34.3 Å². The standard InChI is InChI=1S/C22H44N2O6Si2/c1-12-32(13-2,14-3)29-17(4)15-16-22(20(26)28-9,18(24-23)19(25)27-8)30-31(10,11)21(5,6)7/h17H,12-16H2,1-11H3. The highest BCUT2D eigenvalue weighted by molar-refractivity contribution is 6.75. The first-order chi connectivity index (χ1) is 14.7. The van der Waals surface area contributed by atoms with E-state index in [2.05, 4.69) is 25.6 Å². The van der Waals surface area contributed by atoms with Crippen molar-refractivity contribution in [2.24, 2.45) is 0 Å². The quantitative estimate of drug-likeness (QED) is 0.119. The van der Waals surface area contributed by atoms with Crippen LogP contribution in [0.1, 0.15) is 61.3 Å². The molecule has 0 fully saturated rings. The molecule has 0 rings (SSSR count). The van der Waals surface area contributed by atoms with Gasteiger partial charge >= 0.3 is 17.7 Å². The summed E-state index contributed by atoms with van der Waals surface area (Å²) in [6, 6.07) is 3.00. The van der Waals surface area contributed by atoms with Gasteiger partial charge in [0.05, 0.1) is 14.2 Å². The molecular weight excluding hydrogens is 444 g/mol. The van der Waals surface area contributed by atoms with Crippen LogP contribution in [0.25, 0.3) is 5.53 Å². The summed E-state index contributed by atoms with van der Waals surface area (Å²) < 4.78 is 22.9. The number of hydrogen-bond acceptors (Lipinski definition) is 6. The molecule has 0 N–H and O–H groups in total. The van der Waals surface area contributed by atoms with Crippen LogP contribution in [0.5, 0.6) is 0 Å². The minimum Gasteiger partial charge on any atom is -0.466 e. The molecule has 10 heteroatoms. The van der Waals surface area contributed by atoms with Crippen LogP contribution in [0.3, 0.4) is 0 Å². The molecule has 0 aromatic heterocycles. The Bertz CT molecular complexity index is 689. The molecule has 0 aliphatic rings. The van der Waals surface area contributed by atoms with E-state index < -0.39 is 39.9 Å². The van der Waals surface area contributed by atoms with Crippen LogP contribution in [-0.4, -0.2) is 65.0 Å². The zero-order valence-electron chi connectivity index (χ0n) is 22.0. The summed E-state index contributed by atoms with van der Waals surface area (Å²) in [6.07, 6.45) is 0.295. The van der Waals surface area contributed by atoms with Crippen molar-refractivity contribution in [1.29, 1.82) is 0 Å². The first-order valence-electron chi connectivity index (χ1n) is 11.4. The molecule has 2 unspecified atom stereocenters. The molecule has 0 radical (unpaired) electrons. The van der Waals surface area contributed by atoms with Crippen molar-refractivity contribution in [2.75, 3.05) is 14.2 Å². The maximum atomic E-state index is 13.2. The van der Waals surface area contributed by atoms with Crippen molar-refractivity contribution in [1.82, 2.24) is 0 Å². The summed E-state index contributed by atoms with van der Waals surface area (Å²) in [5.41, 5.74) is 7.36. The summed E-state index contributed by atoms with van der Waals surface area (Å²) >= 11 is 0. The van der Waals surface area contributed by atoms with Crippen LogP contribution < -0.4 is 0 Å². The normalized spacial score (nSPS) is 15.3. The maximum absolute atomic E-state index is 13.2. The molecule has 0 heterocycles. The molecule has 32 heavy (non-hydrogen) atoms. The number of carbonyl (C=O) groups excluding carboxylic acids is 2. The van der Waals surface area contributed by atoms with Gasteiger partial charge in [-0.1, -0.05) is 41.5 Å². The molecule has 0 bridgehead atoms. The Labute approximate surface area is 196 Å². The van der Waals surface area contributed by atoms with Gasteiger partial charge in [-0.05, 0) is 49.6 Å². The second-order valence-electron chi connectivity index (χ2n) is 9.83. The van der Waals surface area contributed by atoms with Crippen LogP contribution in [0.15, 0.2) is 0 Å². The SMILES string of the molecule is CC[Si](CC)(CC)OC(C)CCC(O[Si](C)(C)C(C)(C)C)(C(=O)OC)C(=[N+]=[N-])C(=O)OC. The number of carbonyl (C=O) groups is 2. The van der Waals surface area contributed by atoms with Crippen molar-refractivity contribution in [3.05, 3.63) is 5.53 Å². The number of esters is 2. The van der Waals surface area contributed by atoms with Crippen LogP contribution in [-0.2, 0) is 27.9 Å². The fraction of sp³-hybridized carbons (Fsp3) is 0.864. The lowest BCUT2D eigenvalue weighted by molar-refractivity contribution is -0.162. The third-order valence-electron chi connectivity index (χ3n) is 6.90. The van der Waals surface area contributed by atoms with Crippen LogP contribution >= 0.6 is 0 Å². The Hall–Kier alpha value is -1.33. The van der Waals surface area contributed by atoms with Crippen molar-refractivity contribution in [2.45, 2.75) is 109 Å². The molecule has 2 atom stereocenters. The maximum Gasteiger partial charge on any atom is 0.420 e. The molecule has 0 saturated carbocycles. The first-order valence-corrected chi connectivity index (χ1v) is 16.9. The lowest BCUT2D eigenvalue weighted by atomic mass is 9.90. The number of nitrogens with zero attached hydrogens (tertiary/aromatic N) is 2. The summed E-state index contributed by atoms with van der Waals surface area (Å²) in [7, 11) is -2.11. The summed E-state index contributed by atoms with van der Waals surface area (Å²) in [6.45, 7) is 18.4. The topological polar surface area (TPSA) is 107 Å². The third-order valence-corrected chi connectivity index (χ3v) is 16.1. The third kappa shape index (κ3) is 7.08. The van der Waals surface area contributed by atoms with Gasteiger partial charge in [0, 0.05) is 12.5 Å². The molecule has 0 aliphatic carbocycles. The second kappa shape index (κ2) is 12.2. The zero-order valence-corrected chi connectivity index (χ0v) is 24.0. The number of methoxy groups -OCH3 is 2. The first kappa shape index (κ1) is 30.7. The average molecular weight is 489 g/mol. The lowest BCUT2D eigenvalue weighted by Gasteiger charge is -2.42. The van der Waals surface area contributed by atoms with E-state index in [0.29, 0.717) is 6.42 Å². The van der Waals surface area contributed by atoms with Gasteiger partial charge in [-0.25, -0.2) is 9.59 Å². The summed E-state index contributed by atoms with van der Waals surface area (Å²) in [5.74, 6) is -1.73. The van der Waals surface area contributed by atoms with E-state index in [1.54, 1.807) is 0 Å². The number of ether oxygens (including phenoxy) is 2. The largest absolute Gasteiger partial charge is 0.466 e. The highest BCUT2D eigenvalue weighted by atomic mass is 28.4. The van der Waals surface area contributed by atoms with Gasteiger partial charge in [0.2, 0.25) is 0 Å². The van der Waals surface area contributed by atoms with Gasteiger partial charge in [-0.3, -0.25) is 0 Å². The number of rotatable bonds is 13. The molecule has 0 spiro atoms. The van der Waals surface area contributed by atoms with Gasteiger partial charge in [0.1, 0.15) is 0 Å². The van der Waals surface area contributed by atoms with Gasteiger partial charge in [0.15, 0.2) is 16.6 Å². The molecule has 0 aromatic rings. The highest BCUT2D eigenvalue weighted by Gasteiger charge is 2.60. The van der Waals surface area contributed by atoms with Crippen molar-refractivity contribution in [3.8, 4) is 0 Å². The monoisotopic (exact) mass is 488 g/mol. The fourth-order valence-electron chi connectivity index (χ4n) is 3.49. The van der Waals surface area contributed by atoms with E-state index in [-0.39, 0.29) is 17.6 Å². The Morgan fingerprint density at radius 1 is 1.00 bits per heavy atom. The average Bonchev–Trinajstić information content (AvgIpc) is 2.74. The van der Waals surface area contributed by atoms with Gasteiger partial charge in [-0.2, -0.15) is 4.79 Å². The Balaban J connectivity index is 6.39. The molecule has 0 amide bonds. The Morgan fingerprint density at radius 3 is 1.84 bits per heavy atom. The van der Waals surface area contributed by atoms with E-state index in [4.69, 9.17) is 18.3 Å². The Kier molecular flexibility index (Phi) is 11.7. The lowest BCUT2D eigenvalue weighted by Crippen LogP contribution is -2.60. The van der Waals surface area contributed by atoms with Crippen molar-refractivity contribution in [3.63, 3.8) is 0 Å². The summed E-state index contributed by atoms with van der Waals surface area (Å²) in [4.78, 5) is 28.9. The zero-order chi connectivity index (χ0) is 25.4. The van der Waals surface area contributed by atoms with E-state index in [9.17, 15) is 15.1 Å². The smallest absolute Gasteiger partial charge is 0.420 e. The fourth-order valence-corrected chi connectivity index (χ4v) is 7.92. The van der Waals surface area contributed by atoms with Crippen molar-refractivity contribution < 1.29 is 32.7 Å². The second-order valence-corrected chi connectivity index (χ2v) is 19.3. The van der Waals surface area contributed by atoms with Crippen LogP contribution in [0, 0.1) is 0 Å². The van der Waals surface area contributed by atoms with Crippen LogP contribution in [0.4, 0.5) is 0 Å². The molecule has 0 saturated heterocycles. The van der Waals surface area contributed by atoms with Crippen LogP contribution in [0.2, 0.25) is 36.3 Å². The molecular formula is C22H44N2O6Si2. The molecule has 0 aliphatic heterocycles.